The van der Waals surface area contributed by atoms with E-state index in [1.54, 1.807) is 11.1 Å². The standard InChI is InChI=1S/C46H48N8O7/c1-25(2)39(51-45(57)59-3)43(55)53-16-8-12-34(53)41-48-23-33(50-41)30-19-28-15-14-27-18-29(20-31-24-61-36(21-30)38(28)37(27)31)32-22-47-42(49-32)35-13-9-17-54(35)44(56)40(52-46(58)60-4)26-10-6-5-7-11-26/h5-7,10-11,14-15,18-23,25,34-35,39-40H,8-9,12-13,16-17,24H2,1-4H3,(H,47,49)(H,48,50)(H,51,57)(H,52,58). The number of likely N-dealkylation sites (tertiary alicyclic amines) is 2. The molecule has 2 fully saturated rings. The number of alkyl carbamates (subject to hydrolysis) is 2. The molecular formula is C46H48N8O7. The molecule has 314 valence electrons. The van der Waals surface area contributed by atoms with Crippen molar-refractivity contribution >= 4 is 45.5 Å². The topological polar surface area (TPSA) is 184 Å². The van der Waals surface area contributed by atoms with Crippen molar-refractivity contribution < 1.29 is 33.4 Å². The molecule has 4 atom stereocenters. The molecule has 3 aliphatic rings. The second-order valence-electron chi connectivity index (χ2n) is 16.2. The molecule has 4 amide bonds. The second kappa shape index (κ2) is 16.3. The van der Waals surface area contributed by atoms with E-state index in [1.807, 2.05) is 61.3 Å². The van der Waals surface area contributed by atoms with Crippen molar-refractivity contribution in [1.29, 1.82) is 0 Å². The summed E-state index contributed by atoms with van der Waals surface area (Å²) in [6.45, 7) is 5.29. The van der Waals surface area contributed by atoms with E-state index in [0.29, 0.717) is 36.9 Å². The van der Waals surface area contributed by atoms with Crippen LogP contribution in [0.3, 0.4) is 0 Å². The number of imidazole rings is 2. The van der Waals surface area contributed by atoms with E-state index >= 15 is 0 Å². The van der Waals surface area contributed by atoms with Crippen LogP contribution in [0.25, 0.3) is 44.1 Å². The molecule has 9 rings (SSSR count). The lowest BCUT2D eigenvalue weighted by atomic mass is 9.92. The molecular weight excluding hydrogens is 777 g/mol. The fraction of sp³-hybridized carbons (Fsp3) is 0.348. The van der Waals surface area contributed by atoms with Crippen molar-refractivity contribution in [2.24, 2.45) is 5.92 Å². The lowest BCUT2D eigenvalue weighted by Crippen LogP contribution is -2.51. The minimum Gasteiger partial charge on any atom is -0.488 e. The van der Waals surface area contributed by atoms with Gasteiger partial charge in [0, 0.05) is 29.6 Å². The summed E-state index contributed by atoms with van der Waals surface area (Å²) >= 11 is 0. The number of aromatic amines is 2. The number of benzene rings is 4. The van der Waals surface area contributed by atoms with E-state index in [1.165, 1.54) is 14.2 Å². The first-order valence-corrected chi connectivity index (χ1v) is 20.7. The van der Waals surface area contributed by atoms with Gasteiger partial charge >= 0.3 is 12.2 Å². The van der Waals surface area contributed by atoms with Crippen LogP contribution in [0.1, 0.15) is 80.4 Å². The summed E-state index contributed by atoms with van der Waals surface area (Å²) in [5.41, 5.74) is 5.26. The van der Waals surface area contributed by atoms with Crippen LogP contribution in [0.5, 0.6) is 5.75 Å². The highest BCUT2D eigenvalue weighted by Gasteiger charge is 2.39. The highest BCUT2D eigenvalue weighted by molar-refractivity contribution is 6.14. The summed E-state index contributed by atoms with van der Waals surface area (Å²) in [5, 5.41) is 9.71. The van der Waals surface area contributed by atoms with Crippen molar-refractivity contribution in [2.75, 3.05) is 27.3 Å². The van der Waals surface area contributed by atoms with E-state index in [-0.39, 0.29) is 29.8 Å². The van der Waals surface area contributed by atoms with Crippen LogP contribution < -0.4 is 15.4 Å². The highest BCUT2D eigenvalue weighted by atomic mass is 16.5. The number of aromatic nitrogens is 4. The predicted molar refractivity (Wildman–Crippen MR) is 227 cm³/mol. The summed E-state index contributed by atoms with van der Waals surface area (Å²) in [7, 11) is 2.57. The predicted octanol–water partition coefficient (Wildman–Crippen LogP) is 7.47. The van der Waals surface area contributed by atoms with Crippen molar-refractivity contribution in [3.63, 3.8) is 0 Å². The van der Waals surface area contributed by atoms with Crippen molar-refractivity contribution in [3.05, 3.63) is 102 Å². The molecule has 0 spiro atoms. The Morgan fingerprint density at radius 2 is 1.31 bits per heavy atom. The van der Waals surface area contributed by atoms with Gasteiger partial charge in [-0.2, -0.15) is 0 Å². The Kier molecular flexibility index (Phi) is 10.6. The molecule has 4 N–H and O–H groups in total. The van der Waals surface area contributed by atoms with Crippen LogP contribution in [0, 0.1) is 5.92 Å². The molecule has 6 aromatic rings. The number of ether oxygens (including phenoxy) is 3. The largest absolute Gasteiger partial charge is 0.488 e. The molecule has 0 radical (unpaired) electrons. The molecule has 4 unspecified atom stereocenters. The zero-order chi connectivity index (χ0) is 42.4. The Morgan fingerprint density at radius 3 is 1.92 bits per heavy atom. The van der Waals surface area contributed by atoms with E-state index in [4.69, 9.17) is 24.2 Å². The average molecular weight is 825 g/mol. The number of methoxy groups -OCH3 is 2. The van der Waals surface area contributed by atoms with Gasteiger partial charge in [0.15, 0.2) is 0 Å². The fourth-order valence-electron chi connectivity index (χ4n) is 9.16. The number of nitrogens with zero attached hydrogens (tertiary/aromatic N) is 4. The summed E-state index contributed by atoms with van der Waals surface area (Å²) in [4.78, 5) is 72.2. The molecule has 15 heteroatoms. The Bertz CT molecular complexity index is 2660. The molecule has 15 nitrogen and oxygen atoms in total. The number of carbonyl (C=O) groups is 4. The molecule has 3 aliphatic heterocycles. The Morgan fingerprint density at radius 1 is 0.738 bits per heavy atom. The SMILES string of the molecule is COC(=O)NC(C(=O)N1CCCC1c1ncc(-c2cc3c4c(ccc5cc(-c6cnc(C7CCCN7C(=O)C(NC(=O)OC)C(C)C)[nH]6)cc(c54)OC3)c2)[nH]1)c1ccccc1. The van der Waals surface area contributed by atoms with Gasteiger partial charge < -0.3 is 44.6 Å². The van der Waals surface area contributed by atoms with Crippen molar-refractivity contribution in [2.45, 2.75) is 70.3 Å². The van der Waals surface area contributed by atoms with E-state index in [2.05, 4.69) is 50.9 Å². The third kappa shape index (κ3) is 7.38. The molecule has 61 heavy (non-hydrogen) atoms. The van der Waals surface area contributed by atoms with Gasteiger partial charge in [-0.1, -0.05) is 56.3 Å². The van der Waals surface area contributed by atoms with Gasteiger partial charge in [0.2, 0.25) is 5.91 Å². The minimum absolute atomic E-state index is 0.123. The Hall–Kier alpha value is -6.90. The molecule has 2 aromatic heterocycles. The van der Waals surface area contributed by atoms with Crippen molar-refractivity contribution in [3.8, 4) is 28.3 Å². The van der Waals surface area contributed by atoms with Gasteiger partial charge in [-0.15, -0.1) is 0 Å². The third-order valence-corrected chi connectivity index (χ3v) is 12.2. The number of hydrogen-bond acceptors (Lipinski definition) is 9. The zero-order valence-corrected chi connectivity index (χ0v) is 34.5. The van der Waals surface area contributed by atoms with Gasteiger partial charge in [0.1, 0.15) is 36.1 Å². The van der Waals surface area contributed by atoms with Gasteiger partial charge in [0.25, 0.3) is 5.91 Å². The second-order valence-corrected chi connectivity index (χ2v) is 16.2. The molecule has 2 saturated heterocycles. The Labute approximate surface area is 352 Å². The summed E-state index contributed by atoms with van der Waals surface area (Å²) in [6.07, 6.45) is 5.44. The third-order valence-electron chi connectivity index (χ3n) is 12.2. The number of carbonyl (C=O) groups excluding carboxylic acids is 4. The lowest BCUT2D eigenvalue weighted by molar-refractivity contribution is -0.135. The van der Waals surface area contributed by atoms with Crippen LogP contribution in [0.15, 0.2) is 79.1 Å². The molecule has 0 saturated carbocycles. The monoisotopic (exact) mass is 824 g/mol. The molecule has 5 heterocycles. The smallest absolute Gasteiger partial charge is 0.407 e. The summed E-state index contributed by atoms with van der Waals surface area (Å²) < 4.78 is 16.1. The number of rotatable bonds is 10. The van der Waals surface area contributed by atoms with Crippen LogP contribution in [0.4, 0.5) is 9.59 Å². The lowest BCUT2D eigenvalue weighted by Gasteiger charge is -2.30. The molecule has 0 bridgehead atoms. The number of nitrogens with one attached hydrogen (secondary N) is 4. The van der Waals surface area contributed by atoms with Gasteiger partial charge in [0.05, 0.1) is 50.1 Å². The summed E-state index contributed by atoms with van der Waals surface area (Å²) in [6, 6.07) is 19.7. The van der Waals surface area contributed by atoms with Gasteiger partial charge in [-0.25, -0.2) is 19.6 Å². The van der Waals surface area contributed by atoms with Crippen LogP contribution in [0.2, 0.25) is 0 Å². The summed E-state index contributed by atoms with van der Waals surface area (Å²) in [5.74, 6) is 1.67. The van der Waals surface area contributed by atoms with Crippen LogP contribution >= 0.6 is 0 Å². The maximum absolute atomic E-state index is 14.0. The van der Waals surface area contributed by atoms with E-state index < -0.39 is 24.3 Å². The Balaban J connectivity index is 0.963. The van der Waals surface area contributed by atoms with Crippen LogP contribution in [-0.4, -0.2) is 87.1 Å². The normalized spacial score (nSPS) is 18.0. The van der Waals surface area contributed by atoms with Gasteiger partial charge in [-0.05, 0) is 83.2 Å². The van der Waals surface area contributed by atoms with Gasteiger partial charge in [-0.3, -0.25) is 9.59 Å². The first kappa shape index (κ1) is 39.6. The first-order chi connectivity index (χ1) is 29.6. The number of hydrogen-bond donors (Lipinski definition) is 4. The highest BCUT2D eigenvalue weighted by Crippen LogP contribution is 2.44. The molecule has 4 aromatic carbocycles. The maximum atomic E-state index is 14.0. The first-order valence-electron chi connectivity index (χ1n) is 20.7. The maximum Gasteiger partial charge on any atom is 0.407 e. The van der Waals surface area contributed by atoms with E-state index in [0.717, 1.165) is 81.1 Å². The van der Waals surface area contributed by atoms with Crippen molar-refractivity contribution in [1.82, 2.24) is 40.4 Å². The average Bonchev–Trinajstić information content (AvgIpc) is 4.13. The minimum atomic E-state index is -0.896. The quantitative estimate of drug-likeness (QED) is 0.102. The zero-order valence-electron chi connectivity index (χ0n) is 34.5. The van der Waals surface area contributed by atoms with E-state index in [9.17, 15) is 19.2 Å². The number of amides is 4. The molecule has 0 aliphatic carbocycles. The fourth-order valence-corrected chi connectivity index (χ4v) is 9.16. The number of H-pyrrole nitrogens is 2. The van der Waals surface area contributed by atoms with Crippen LogP contribution in [-0.2, 0) is 25.7 Å².